The molecule has 0 unspecified atom stereocenters. The number of fused-ring (bicyclic) bond motifs is 1. The van der Waals surface area contributed by atoms with Gasteiger partial charge in [-0.1, -0.05) is 0 Å². The molecular formula is C17H16O8. The molecule has 0 amide bonds. The predicted octanol–water partition coefficient (Wildman–Crippen LogP) is 0.699. The van der Waals surface area contributed by atoms with Crippen LogP contribution in [0.5, 0.6) is 11.5 Å². The molecule has 8 nitrogen and oxygen atoms in total. The number of aliphatic hydroxyl groups excluding tert-OH is 1. The van der Waals surface area contributed by atoms with Crippen LogP contribution in [0, 0.1) is 0 Å². The van der Waals surface area contributed by atoms with E-state index in [0.717, 1.165) is 0 Å². The molecule has 1 heterocycles. The van der Waals surface area contributed by atoms with Gasteiger partial charge in [0.25, 0.3) is 0 Å². The molecule has 0 fully saturated rings. The van der Waals surface area contributed by atoms with Gasteiger partial charge < -0.3 is 24.8 Å². The summed E-state index contributed by atoms with van der Waals surface area (Å²) in [7, 11) is 1.26. The van der Waals surface area contributed by atoms with Crippen molar-refractivity contribution in [3.05, 3.63) is 34.4 Å². The summed E-state index contributed by atoms with van der Waals surface area (Å²) in [5.74, 6) is -2.82. The zero-order chi connectivity index (χ0) is 18.5. The third-order valence-electron chi connectivity index (χ3n) is 4.40. The SMILES string of the molecule is COc1c(O)ccc2c1C(=O)C1=C(C2=O)[C@@H](O)[C@@H](CC(=O)O)O[C@@H]1C. The molecule has 132 valence electrons. The van der Waals surface area contributed by atoms with Gasteiger partial charge in [-0.3, -0.25) is 14.4 Å². The maximum absolute atomic E-state index is 12.9. The van der Waals surface area contributed by atoms with Crippen LogP contribution in [-0.4, -0.2) is 58.3 Å². The van der Waals surface area contributed by atoms with Crippen LogP contribution in [0.25, 0.3) is 0 Å². The first kappa shape index (κ1) is 17.1. The van der Waals surface area contributed by atoms with Crippen LogP contribution in [0.2, 0.25) is 0 Å². The number of hydrogen-bond acceptors (Lipinski definition) is 7. The smallest absolute Gasteiger partial charge is 0.306 e. The van der Waals surface area contributed by atoms with Crippen molar-refractivity contribution in [2.75, 3.05) is 7.11 Å². The number of aromatic hydroxyl groups is 1. The van der Waals surface area contributed by atoms with E-state index in [1.165, 1.54) is 26.2 Å². The number of ether oxygens (including phenoxy) is 2. The minimum atomic E-state index is -1.54. The molecule has 1 aliphatic carbocycles. The monoisotopic (exact) mass is 348 g/mol. The molecule has 0 saturated carbocycles. The number of hydrogen-bond donors (Lipinski definition) is 3. The fourth-order valence-corrected chi connectivity index (χ4v) is 3.34. The second-order valence-electron chi connectivity index (χ2n) is 5.89. The number of ketones is 2. The molecule has 2 aliphatic rings. The van der Waals surface area contributed by atoms with Gasteiger partial charge in [0.2, 0.25) is 0 Å². The summed E-state index contributed by atoms with van der Waals surface area (Å²) in [6.07, 6.45) is -4.06. The lowest BCUT2D eigenvalue weighted by Crippen LogP contribution is -2.47. The summed E-state index contributed by atoms with van der Waals surface area (Å²) < 4.78 is 10.5. The number of aliphatic carboxylic acids is 1. The van der Waals surface area contributed by atoms with E-state index < -0.39 is 42.3 Å². The van der Waals surface area contributed by atoms with Crippen molar-refractivity contribution in [1.29, 1.82) is 0 Å². The Morgan fingerprint density at radius 1 is 1.24 bits per heavy atom. The van der Waals surface area contributed by atoms with Crippen molar-refractivity contribution in [2.45, 2.75) is 31.7 Å². The molecular weight excluding hydrogens is 332 g/mol. The van der Waals surface area contributed by atoms with Gasteiger partial charge in [0.05, 0.1) is 31.3 Å². The van der Waals surface area contributed by atoms with E-state index in [0.29, 0.717) is 0 Å². The van der Waals surface area contributed by atoms with Gasteiger partial charge in [-0.2, -0.15) is 0 Å². The zero-order valence-electron chi connectivity index (χ0n) is 13.5. The van der Waals surface area contributed by atoms with Gasteiger partial charge in [0.15, 0.2) is 23.1 Å². The molecule has 0 radical (unpaired) electrons. The summed E-state index contributed by atoms with van der Waals surface area (Å²) in [5, 5.41) is 29.2. The van der Waals surface area contributed by atoms with Crippen LogP contribution in [0.15, 0.2) is 23.3 Å². The van der Waals surface area contributed by atoms with Crippen LogP contribution in [0.4, 0.5) is 0 Å². The van der Waals surface area contributed by atoms with Crippen molar-refractivity contribution < 1.29 is 39.2 Å². The number of Topliss-reactive ketones (excluding diaryl/α,β-unsaturated/α-hetero) is 2. The molecule has 3 N–H and O–H groups in total. The lowest BCUT2D eigenvalue weighted by molar-refractivity contribution is -0.144. The molecule has 1 aromatic rings. The number of benzene rings is 1. The molecule has 8 heteroatoms. The number of phenols is 1. The van der Waals surface area contributed by atoms with Crippen LogP contribution in [0.1, 0.15) is 34.1 Å². The van der Waals surface area contributed by atoms with Crippen molar-refractivity contribution in [1.82, 2.24) is 0 Å². The van der Waals surface area contributed by atoms with Crippen LogP contribution >= 0.6 is 0 Å². The normalized spacial score (nSPS) is 25.5. The van der Waals surface area contributed by atoms with Crippen LogP contribution < -0.4 is 4.74 Å². The van der Waals surface area contributed by atoms with Crippen molar-refractivity contribution >= 4 is 17.5 Å². The highest BCUT2D eigenvalue weighted by Gasteiger charge is 2.46. The van der Waals surface area contributed by atoms with Gasteiger partial charge in [0.1, 0.15) is 6.10 Å². The summed E-state index contributed by atoms with van der Waals surface area (Å²) in [6, 6.07) is 2.49. The summed E-state index contributed by atoms with van der Waals surface area (Å²) in [5.41, 5.74) is -0.308. The highest BCUT2D eigenvalue weighted by molar-refractivity contribution is 6.29. The van der Waals surface area contributed by atoms with E-state index in [-0.39, 0.29) is 33.8 Å². The number of carbonyl (C=O) groups excluding carboxylic acids is 2. The standard InChI is InChI=1S/C17H16O8/c1-6-11-13(15(22)9(25-6)5-10(19)20)14(21)7-3-4-8(18)17(24-2)12(7)16(11)23/h3-4,6,9,15,18,22H,5H2,1-2H3,(H,19,20)/t6-,9-,15+/m1/s1. The number of rotatable bonds is 3. The summed E-state index contributed by atoms with van der Waals surface area (Å²) in [4.78, 5) is 36.7. The molecule has 0 spiro atoms. The molecule has 3 rings (SSSR count). The number of methoxy groups -OCH3 is 1. The van der Waals surface area contributed by atoms with Crippen molar-refractivity contribution in [2.24, 2.45) is 0 Å². The molecule has 0 saturated heterocycles. The first-order chi connectivity index (χ1) is 11.8. The quantitative estimate of drug-likeness (QED) is 0.728. The lowest BCUT2D eigenvalue weighted by atomic mass is 9.76. The van der Waals surface area contributed by atoms with Gasteiger partial charge in [-0.25, -0.2) is 0 Å². The Kier molecular flexibility index (Phi) is 4.09. The fraction of sp³-hybridized carbons (Fsp3) is 0.353. The number of carboxylic acids is 1. The van der Waals surface area contributed by atoms with Gasteiger partial charge in [-0.15, -0.1) is 0 Å². The van der Waals surface area contributed by atoms with Gasteiger partial charge in [0, 0.05) is 16.7 Å². The number of phenolic OH excluding ortho intramolecular Hbond substituents is 1. The highest BCUT2D eigenvalue weighted by atomic mass is 16.5. The Balaban J connectivity index is 2.17. The minimum Gasteiger partial charge on any atom is -0.504 e. The number of carbonyl (C=O) groups is 3. The maximum Gasteiger partial charge on any atom is 0.306 e. The number of aliphatic hydroxyl groups is 1. The topological polar surface area (TPSA) is 130 Å². The van der Waals surface area contributed by atoms with Gasteiger partial charge >= 0.3 is 5.97 Å². The average Bonchev–Trinajstić information content (AvgIpc) is 2.54. The Bertz CT molecular complexity index is 822. The summed E-state index contributed by atoms with van der Waals surface area (Å²) >= 11 is 0. The van der Waals surface area contributed by atoms with E-state index in [9.17, 15) is 24.6 Å². The van der Waals surface area contributed by atoms with E-state index >= 15 is 0 Å². The molecule has 0 bridgehead atoms. The largest absolute Gasteiger partial charge is 0.504 e. The molecule has 25 heavy (non-hydrogen) atoms. The summed E-state index contributed by atoms with van der Waals surface area (Å²) in [6.45, 7) is 1.50. The van der Waals surface area contributed by atoms with Gasteiger partial charge in [-0.05, 0) is 19.1 Å². The van der Waals surface area contributed by atoms with Crippen LogP contribution in [-0.2, 0) is 9.53 Å². The maximum atomic E-state index is 12.9. The predicted molar refractivity (Wildman–Crippen MR) is 82.9 cm³/mol. The lowest BCUT2D eigenvalue weighted by Gasteiger charge is -2.37. The van der Waals surface area contributed by atoms with E-state index in [1.54, 1.807) is 0 Å². The Labute approximate surface area is 142 Å². The Hall–Kier alpha value is -2.71. The molecule has 1 aliphatic heterocycles. The molecule has 3 atom stereocenters. The molecule has 1 aromatic carbocycles. The number of carboxylic acid groups (broad SMARTS) is 1. The third-order valence-corrected chi connectivity index (χ3v) is 4.40. The second kappa shape index (κ2) is 5.98. The van der Waals surface area contributed by atoms with E-state index in [4.69, 9.17) is 14.6 Å². The van der Waals surface area contributed by atoms with Crippen molar-refractivity contribution in [3.63, 3.8) is 0 Å². The zero-order valence-corrected chi connectivity index (χ0v) is 13.5. The fourth-order valence-electron chi connectivity index (χ4n) is 3.34. The van der Waals surface area contributed by atoms with E-state index in [2.05, 4.69) is 0 Å². The third kappa shape index (κ3) is 2.50. The molecule has 0 aromatic heterocycles. The second-order valence-corrected chi connectivity index (χ2v) is 5.89. The highest BCUT2D eigenvalue weighted by Crippen LogP contribution is 2.42. The first-order valence-corrected chi connectivity index (χ1v) is 7.56. The first-order valence-electron chi connectivity index (χ1n) is 7.56. The Morgan fingerprint density at radius 3 is 2.52 bits per heavy atom. The van der Waals surface area contributed by atoms with Crippen LogP contribution in [0.3, 0.4) is 0 Å². The van der Waals surface area contributed by atoms with Crippen molar-refractivity contribution in [3.8, 4) is 11.5 Å². The minimum absolute atomic E-state index is 0.0133. The average molecular weight is 348 g/mol. The van der Waals surface area contributed by atoms with E-state index in [1.807, 2.05) is 0 Å². The Morgan fingerprint density at radius 2 is 1.92 bits per heavy atom.